The molecule has 0 saturated heterocycles. The van der Waals surface area contributed by atoms with Gasteiger partial charge in [-0.05, 0) is 72.3 Å². The number of carbonyl (C=O) groups is 1. The fraction of sp³-hybridized carbons (Fsp3) is 0.381. The lowest BCUT2D eigenvalue weighted by molar-refractivity contribution is 0.0696. The summed E-state index contributed by atoms with van der Waals surface area (Å²) in [4.78, 5) is 11.4. The number of fused-ring (bicyclic) bond motifs is 7. The molecule has 0 amide bonds. The monoisotopic (exact) mass is 319 g/mol. The topological polar surface area (TPSA) is 49.3 Å². The number of rotatable bonds is 2. The standard InChI is InChI=1S/C21H21NO2/c23-21(24)15-8-9-17-16(11-15)18-13-6-7-14(10-13)19(18)20(22-17)12-4-2-1-3-5-12/h1-5,8-9,11,13-14,18-20,22H,6-7,10H2,(H,23,24)/t13-,14-,18+,19+,20-/m0/s1. The van der Waals surface area contributed by atoms with E-state index in [2.05, 4.69) is 35.6 Å². The van der Waals surface area contributed by atoms with Crippen molar-refractivity contribution in [3.63, 3.8) is 0 Å². The van der Waals surface area contributed by atoms with Gasteiger partial charge in [-0.25, -0.2) is 4.79 Å². The molecule has 0 spiro atoms. The van der Waals surface area contributed by atoms with Gasteiger partial charge in [-0.1, -0.05) is 30.3 Å². The highest BCUT2D eigenvalue weighted by atomic mass is 16.4. The van der Waals surface area contributed by atoms with E-state index in [0.29, 0.717) is 23.4 Å². The van der Waals surface area contributed by atoms with Gasteiger partial charge in [0.2, 0.25) is 0 Å². The van der Waals surface area contributed by atoms with Crippen molar-refractivity contribution in [3.8, 4) is 0 Å². The molecule has 5 rings (SSSR count). The summed E-state index contributed by atoms with van der Waals surface area (Å²) >= 11 is 0. The quantitative estimate of drug-likeness (QED) is 0.845. The zero-order chi connectivity index (χ0) is 16.3. The van der Waals surface area contributed by atoms with Gasteiger partial charge in [0.25, 0.3) is 0 Å². The van der Waals surface area contributed by atoms with Gasteiger partial charge in [-0.15, -0.1) is 0 Å². The van der Waals surface area contributed by atoms with Crippen LogP contribution in [0.5, 0.6) is 0 Å². The van der Waals surface area contributed by atoms with Gasteiger partial charge in [-0.3, -0.25) is 0 Å². The molecule has 2 N–H and O–H groups in total. The van der Waals surface area contributed by atoms with E-state index in [-0.39, 0.29) is 0 Å². The predicted molar refractivity (Wildman–Crippen MR) is 93.3 cm³/mol. The smallest absolute Gasteiger partial charge is 0.335 e. The Morgan fingerprint density at radius 1 is 1.04 bits per heavy atom. The molecule has 2 aromatic rings. The maximum Gasteiger partial charge on any atom is 0.335 e. The molecule has 2 fully saturated rings. The van der Waals surface area contributed by atoms with E-state index in [0.717, 1.165) is 17.5 Å². The maximum absolute atomic E-state index is 11.4. The van der Waals surface area contributed by atoms with E-state index in [1.165, 1.54) is 30.4 Å². The van der Waals surface area contributed by atoms with Gasteiger partial charge in [0.15, 0.2) is 0 Å². The minimum atomic E-state index is -0.831. The Balaban J connectivity index is 1.64. The minimum absolute atomic E-state index is 0.342. The number of hydrogen-bond donors (Lipinski definition) is 2. The molecule has 3 nitrogen and oxygen atoms in total. The highest BCUT2D eigenvalue weighted by Crippen LogP contribution is 2.63. The van der Waals surface area contributed by atoms with Crippen molar-refractivity contribution < 1.29 is 9.90 Å². The third kappa shape index (κ3) is 1.94. The number of nitrogens with one attached hydrogen (secondary N) is 1. The molecule has 1 aliphatic heterocycles. The highest BCUT2D eigenvalue weighted by Gasteiger charge is 2.53. The molecule has 0 unspecified atom stereocenters. The van der Waals surface area contributed by atoms with E-state index < -0.39 is 5.97 Å². The summed E-state index contributed by atoms with van der Waals surface area (Å²) in [5, 5.41) is 13.1. The van der Waals surface area contributed by atoms with Crippen LogP contribution in [0.4, 0.5) is 5.69 Å². The highest BCUT2D eigenvalue weighted by molar-refractivity contribution is 5.88. The molecule has 24 heavy (non-hydrogen) atoms. The zero-order valence-corrected chi connectivity index (χ0v) is 13.5. The molecule has 0 aromatic heterocycles. The van der Waals surface area contributed by atoms with Crippen LogP contribution in [0, 0.1) is 17.8 Å². The third-order valence-electron chi connectivity index (χ3n) is 6.49. The number of hydrogen-bond acceptors (Lipinski definition) is 2. The molecular weight excluding hydrogens is 298 g/mol. The third-order valence-corrected chi connectivity index (χ3v) is 6.49. The number of anilines is 1. The summed E-state index contributed by atoms with van der Waals surface area (Å²) in [7, 11) is 0. The second-order valence-corrected chi connectivity index (χ2v) is 7.58. The molecule has 3 heteroatoms. The number of aromatic carboxylic acids is 1. The second kappa shape index (κ2) is 5.10. The fourth-order valence-corrected chi connectivity index (χ4v) is 5.61. The van der Waals surface area contributed by atoms with Crippen molar-refractivity contribution in [2.45, 2.75) is 31.2 Å². The zero-order valence-electron chi connectivity index (χ0n) is 13.5. The Kier molecular flexibility index (Phi) is 2.99. The molecule has 2 bridgehead atoms. The average Bonchev–Trinajstić information content (AvgIpc) is 3.23. The molecule has 0 radical (unpaired) electrons. The number of carboxylic acids is 1. The van der Waals surface area contributed by atoms with E-state index in [4.69, 9.17) is 0 Å². The second-order valence-electron chi connectivity index (χ2n) is 7.58. The Morgan fingerprint density at radius 3 is 2.62 bits per heavy atom. The lowest BCUT2D eigenvalue weighted by atomic mass is 9.68. The van der Waals surface area contributed by atoms with Crippen molar-refractivity contribution in [2.75, 3.05) is 5.32 Å². The first-order valence-electron chi connectivity index (χ1n) is 8.91. The first kappa shape index (κ1) is 14.1. The Morgan fingerprint density at radius 2 is 1.83 bits per heavy atom. The number of carboxylic acid groups (broad SMARTS) is 1. The first-order valence-corrected chi connectivity index (χ1v) is 8.91. The molecular formula is C21H21NO2. The SMILES string of the molecule is O=C(O)c1ccc2c(c1)[C@H]1[C@H]3CC[C@@H](C3)[C@H]1[C@H](c1ccccc1)N2. The van der Waals surface area contributed by atoms with Crippen LogP contribution in [0.2, 0.25) is 0 Å². The van der Waals surface area contributed by atoms with Crippen molar-refractivity contribution in [1.29, 1.82) is 0 Å². The summed E-state index contributed by atoms with van der Waals surface area (Å²) in [5.41, 5.74) is 4.13. The summed E-state index contributed by atoms with van der Waals surface area (Å²) in [6, 6.07) is 16.7. The van der Waals surface area contributed by atoms with Crippen LogP contribution >= 0.6 is 0 Å². The van der Waals surface area contributed by atoms with Crippen LogP contribution in [-0.2, 0) is 0 Å². The number of benzene rings is 2. The van der Waals surface area contributed by atoms with Gasteiger partial charge in [0.1, 0.15) is 0 Å². The van der Waals surface area contributed by atoms with Crippen LogP contribution in [0.25, 0.3) is 0 Å². The van der Waals surface area contributed by atoms with Crippen LogP contribution in [-0.4, -0.2) is 11.1 Å². The van der Waals surface area contributed by atoms with Gasteiger partial charge in [-0.2, -0.15) is 0 Å². The van der Waals surface area contributed by atoms with E-state index in [1.54, 1.807) is 6.07 Å². The largest absolute Gasteiger partial charge is 0.478 e. The first-order chi connectivity index (χ1) is 11.7. The molecule has 2 saturated carbocycles. The van der Waals surface area contributed by atoms with Crippen molar-refractivity contribution in [2.24, 2.45) is 17.8 Å². The van der Waals surface area contributed by atoms with Gasteiger partial charge < -0.3 is 10.4 Å². The summed E-state index contributed by atoms with van der Waals surface area (Å²) in [6.45, 7) is 0. The van der Waals surface area contributed by atoms with Crippen LogP contribution in [0.15, 0.2) is 48.5 Å². The fourth-order valence-electron chi connectivity index (χ4n) is 5.61. The lowest BCUT2D eigenvalue weighted by Crippen LogP contribution is -2.35. The Hall–Kier alpha value is -2.29. The minimum Gasteiger partial charge on any atom is -0.478 e. The van der Waals surface area contributed by atoms with Crippen LogP contribution in [0.3, 0.4) is 0 Å². The van der Waals surface area contributed by atoms with Crippen molar-refractivity contribution in [1.82, 2.24) is 0 Å². The predicted octanol–water partition coefficient (Wildman–Crippen LogP) is 4.68. The average molecular weight is 319 g/mol. The van der Waals surface area contributed by atoms with Gasteiger partial charge in [0.05, 0.1) is 11.6 Å². The van der Waals surface area contributed by atoms with Crippen LogP contribution < -0.4 is 5.32 Å². The molecule has 2 aromatic carbocycles. The van der Waals surface area contributed by atoms with E-state index >= 15 is 0 Å². The van der Waals surface area contributed by atoms with E-state index in [1.807, 2.05) is 12.1 Å². The molecule has 3 aliphatic rings. The molecule has 2 aliphatic carbocycles. The lowest BCUT2D eigenvalue weighted by Gasteiger charge is -2.43. The maximum atomic E-state index is 11.4. The molecule has 1 heterocycles. The Labute approximate surface area is 141 Å². The molecule has 5 atom stereocenters. The van der Waals surface area contributed by atoms with Gasteiger partial charge in [0, 0.05) is 5.69 Å². The van der Waals surface area contributed by atoms with E-state index in [9.17, 15) is 9.90 Å². The summed E-state index contributed by atoms with van der Waals surface area (Å²) in [5.74, 6) is 1.74. The van der Waals surface area contributed by atoms with Crippen molar-refractivity contribution in [3.05, 3.63) is 65.2 Å². The van der Waals surface area contributed by atoms with Crippen LogP contribution in [0.1, 0.15) is 52.7 Å². The van der Waals surface area contributed by atoms with Crippen molar-refractivity contribution >= 4 is 11.7 Å². The molecule has 122 valence electrons. The Bertz CT molecular complexity index is 801. The summed E-state index contributed by atoms with van der Waals surface area (Å²) in [6.07, 6.45) is 3.92. The van der Waals surface area contributed by atoms with Gasteiger partial charge >= 0.3 is 5.97 Å². The summed E-state index contributed by atoms with van der Waals surface area (Å²) < 4.78 is 0. The normalized spacial score (nSPS) is 32.8.